The first-order chi connectivity index (χ1) is 13.8. The van der Waals surface area contributed by atoms with Crippen LogP contribution in [0.4, 0.5) is 16.2 Å². The van der Waals surface area contributed by atoms with Crippen molar-refractivity contribution in [3.8, 4) is 0 Å². The highest BCUT2D eigenvalue weighted by Crippen LogP contribution is 2.23. The number of urea groups is 1. The molecule has 1 heterocycles. The molecule has 29 heavy (non-hydrogen) atoms. The van der Waals surface area contributed by atoms with Gasteiger partial charge in [0.25, 0.3) is 0 Å². The summed E-state index contributed by atoms with van der Waals surface area (Å²) in [5.74, 6) is -0.715. The number of likely N-dealkylation sites (tertiary alicyclic amines) is 1. The summed E-state index contributed by atoms with van der Waals surface area (Å²) in [5, 5.41) is 5.52. The van der Waals surface area contributed by atoms with Crippen molar-refractivity contribution in [2.45, 2.75) is 31.1 Å². The number of hydrogen-bond acceptors (Lipinski definition) is 4. The zero-order valence-electron chi connectivity index (χ0n) is 16.3. The van der Waals surface area contributed by atoms with E-state index >= 15 is 0 Å². The number of carbonyl (C=O) groups excluding carboxylic acids is 2. The molecule has 0 bridgehead atoms. The van der Waals surface area contributed by atoms with Gasteiger partial charge < -0.3 is 15.5 Å². The molecule has 0 aliphatic carbocycles. The van der Waals surface area contributed by atoms with Crippen LogP contribution in [0, 0.1) is 6.92 Å². The first-order valence-corrected chi connectivity index (χ1v) is 11.2. The van der Waals surface area contributed by atoms with Crippen LogP contribution in [0.2, 0.25) is 0 Å². The van der Waals surface area contributed by atoms with E-state index in [2.05, 4.69) is 10.6 Å². The molecule has 2 aromatic rings. The van der Waals surface area contributed by atoms with Crippen LogP contribution in [-0.4, -0.2) is 44.1 Å². The quantitative estimate of drug-likeness (QED) is 0.756. The highest BCUT2D eigenvalue weighted by molar-refractivity contribution is 7.91. The highest BCUT2D eigenvalue weighted by atomic mass is 32.2. The molecule has 0 atom stereocenters. The Morgan fingerprint density at radius 1 is 0.931 bits per heavy atom. The molecule has 2 aromatic carbocycles. The predicted molar refractivity (Wildman–Crippen MR) is 113 cm³/mol. The standard InChI is InChI=1S/C21H25N3O4S/c1-16-8-10-17(11-9-16)29(27,28)15-12-20(25)22-18-6-2-3-7-19(18)23-21(26)24-13-4-5-14-24/h2-3,6-11H,4-5,12-15H2,1H3,(H,22,25)(H,23,26). The van der Waals surface area contributed by atoms with Crippen molar-refractivity contribution < 1.29 is 18.0 Å². The van der Waals surface area contributed by atoms with Gasteiger partial charge in [-0.2, -0.15) is 0 Å². The molecule has 3 amide bonds. The fourth-order valence-electron chi connectivity index (χ4n) is 3.12. The van der Waals surface area contributed by atoms with Crippen molar-refractivity contribution in [3.63, 3.8) is 0 Å². The Balaban J connectivity index is 1.60. The van der Waals surface area contributed by atoms with Crippen molar-refractivity contribution in [1.82, 2.24) is 4.90 Å². The molecular weight excluding hydrogens is 390 g/mol. The maximum atomic E-state index is 12.4. The largest absolute Gasteiger partial charge is 0.325 e. The van der Waals surface area contributed by atoms with Crippen molar-refractivity contribution in [2.75, 3.05) is 29.5 Å². The summed E-state index contributed by atoms with van der Waals surface area (Å²) in [7, 11) is -3.54. The number of aryl methyl sites for hydroxylation is 1. The molecule has 7 nitrogen and oxygen atoms in total. The lowest BCUT2D eigenvalue weighted by molar-refractivity contribution is -0.115. The van der Waals surface area contributed by atoms with Gasteiger partial charge in [-0.25, -0.2) is 13.2 Å². The van der Waals surface area contributed by atoms with Crippen LogP contribution in [-0.2, 0) is 14.6 Å². The molecule has 0 spiro atoms. The maximum Gasteiger partial charge on any atom is 0.321 e. The Kier molecular flexibility index (Phi) is 6.53. The first-order valence-electron chi connectivity index (χ1n) is 9.59. The zero-order valence-corrected chi connectivity index (χ0v) is 17.2. The van der Waals surface area contributed by atoms with Crippen molar-refractivity contribution >= 4 is 33.2 Å². The van der Waals surface area contributed by atoms with Gasteiger partial charge in [0, 0.05) is 19.5 Å². The molecule has 0 radical (unpaired) electrons. The van der Waals surface area contributed by atoms with Crippen LogP contribution < -0.4 is 10.6 Å². The molecule has 2 N–H and O–H groups in total. The van der Waals surface area contributed by atoms with Gasteiger partial charge >= 0.3 is 6.03 Å². The molecular formula is C21H25N3O4S. The summed E-state index contributed by atoms with van der Waals surface area (Å²) in [5.41, 5.74) is 1.89. The Morgan fingerprint density at radius 2 is 1.52 bits per heavy atom. The molecule has 154 valence electrons. The van der Waals surface area contributed by atoms with Gasteiger partial charge in [0.2, 0.25) is 5.91 Å². The van der Waals surface area contributed by atoms with Crippen LogP contribution in [0.25, 0.3) is 0 Å². The van der Waals surface area contributed by atoms with Crippen molar-refractivity contribution in [1.29, 1.82) is 0 Å². The smallest absolute Gasteiger partial charge is 0.321 e. The van der Waals surface area contributed by atoms with Gasteiger partial charge in [-0.05, 0) is 44.0 Å². The lowest BCUT2D eigenvalue weighted by atomic mass is 10.2. The second-order valence-electron chi connectivity index (χ2n) is 7.10. The summed E-state index contributed by atoms with van der Waals surface area (Å²) in [6.45, 7) is 3.32. The summed E-state index contributed by atoms with van der Waals surface area (Å²) in [6.07, 6.45) is 1.80. The molecule has 8 heteroatoms. The monoisotopic (exact) mass is 415 g/mol. The molecule has 0 unspecified atom stereocenters. The Bertz CT molecular complexity index is 981. The SMILES string of the molecule is Cc1ccc(S(=O)(=O)CCC(=O)Nc2ccccc2NC(=O)N2CCCC2)cc1. The highest BCUT2D eigenvalue weighted by Gasteiger charge is 2.20. The van der Waals surface area contributed by atoms with Crippen LogP contribution in [0.5, 0.6) is 0 Å². The second kappa shape index (κ2) is 9.09. The minimum atomic E-state index is -3.54. The van der Waals surface area contributed by atoms with E-state index in [0.717, 1.165) is 31.5 Å². The fourth-order valence-corrected chi connectivity index (χ4v) is 4.36. The van der Waals surface area contributed by atoms with Gasteiger partial charge in [0.15, 0.2) is 9.84 Å². The van der Waals surface area contributed by atoms with E-state index in [9.17, 15) is 18.0 Å². The van der Waals surface area contributed by atoms with Gasteiger partial charge in [-0.3, -0.25) is 4.79 Å². The molecule has 0 saturated carbocycles. The second-order valence-corrected chi connectivity index (χ2v) is 9.21. The number of anilines is 2. The average Bonchev–Trinajstić information content (AvgIpc) is 3.23. The first kappa shape index (κ1) is 20.9. The minimum absolute atomic E-state index is 0.176. The van der Waals surface area contributed by atoms with E-state index in [1.807, 2.05) is 6.92 Å². The summed E-state index contributed by atoms with van der Waals surface area (Å²) >= 11 is 0. The van der Waals surface area contributed by atoms with Gasteiger partial charge in [-0.15, -0.1) is 0 Å². The summed E-state index contributed by atoms with van der Waals surface area (Å²) in [4.78, 5) is 26.6. The number of para-hydroxylation sites is 2. The Morgan fingerprint density at radius 3 is 2.14 bits per heavy atom. The molecule has 0 aromatic heterocycles. The number of nitrogens with one attached hydrogen (secondary N) is 2. The number of carbonyl (C=O) groups is 2. The topological polar surface area (TPSA) is 95.6 Å². The Hall–Kier alpha value is -2.87. The van der Waals surface area contributed by atoms with Gasteiger partial charge in [0.05, 0.1) is 22.0 Å². The summed E-state index contributed by atoms with van der Waals surface area (Å²) < 4.78 is 24.8. The minimum Gasteiger partial charge on any atom is -0.325 e. The zero-order chi connectivity index (χ0) is 20.9. The lowest BCUT2D eigenvalue weighted by Crippen LogP contribution is -2.32. The Labute approximate surface area is 171 Å². The number of hydrogen-bond donors (Lipinski definition) is 2. The van der Waals surface area contributed by atoms with Crippen molar-refractivity contribution in [3.05, 3.63) is 54.1 Å². The van der Waals surface area contributed by atoms with E-state index in [-0.39, 0.29) is 23.1 Å². The van der Waals surface area contributed by atoms with E-state index in [0.29, 0.717) is 11.4 Å². The van der Waals surface area contributed by atoms with E-state index in [1.165, 1.54) is 0 Å². The number of benzene rings is 2. The fraction of sp³-hybridized carbons (Fsp3) is 0.333. The van der Waals surface area contributed by atoms with Crippen molar-refractivity contribution in [2.24, 2.45) is 0 Å². The average molecular weight is 416 g/mol. The molecule has 3 rings (SSSR count). The van der Waals surface area contributed by atoms with Crippen LogP contribution in [0.15, 0.2) is 53.4 Å². The number of sulfone groups is 1. The maximum absolute atomic E-state index is 12.4. The molecule has 1 saturated heterocycles. The van der Waals surface area contributed by atoms with Gasteiger partial charge in [0.1, 0.15) is 0 Å². The molecule has 1 aliphatic rings. The third-order valence-corrected chi connectivity index (χ3v) is 6.55. The van der Waals surface area contributed by atoms with E-state index < -0.39 is 15.7 Å². The van der Waals surface area contributed by atoms with E-state index in [1.54, 1.807) is 53.4 Å². The predicted octanol–water partition coefficient (Wildman–Crippen LogP) is 3.43. The third-order valence-electron chi connectivity index (χ3n) is 4.81. The van der Waals surface area contributed by atoms with E-state index in [4.69, 9.17) is 0 Å². The third kappa shape index (κ3) is 5.57. The van der Waals surface area contributed by atoms with Crippen LogP contribution >= 0.6 is 0 Å². The lowest BCUT2D eigenvalue weighted by Gasteiger charge is -2.18. The molecule has 1 fully saturated rings. The summed E-state index contributed by atoms with van der Waals surface area (Å²) in [6, 6.07) is 13.2. The number of rotatable bonds is 6. The number of nitrogens with zero attached hydrogens (tertiary/aromatic N) is 1. The van der Waals surface area contributed by atoms with Crippen LogP contribution in [0.3, 0.4) is 0 Å². The van der Waals surface area contributed by atoms with Crippen LogP contribution in [0.1, 0.15) is 24.8 Å². The number of amides is 3. The molecule has 1 aliphatic heterocycles. The normalized spacial score (nSPS) is 13.9. The van der Waals surface area contributed by atoms with Gasteiger partial charge in [-0.1, -0.05) is 29.8 Å².